The molecule has 0 aromatic rings. The molecule has 0 bridgehead atoms. The lowest BCUT2D eigenvalue weighted by molar-refractivity contribution is 0.0828. The van der Waals surface area contributed by atoms with E-state index in [1.165, 1.54) is 0 Å². The van der Waals surface area contributed by atoms with Gasteiger partial charge in [0.2, 0.25) is 0 Å². The van der Waals surface area contributed by atoms with E-state index in [9.17, 15) is 9.59 Å². The second-order valence-corrected chi connectivity index (χ2v) is 17.1. The zero-order valence-electron chi connectivity index (χ0n) is 17.2. The van der Waals surface area contributed by atoms with Crippen LogP contribution in [0.3, 0.4) is 0 Å². The van der Waals surface area contributed by atoms with E-state index in [4.69, 9.17) is 9.47 Å². The van der Waals surface area contributed by atoms with Crippen molar-refractivity contribution in [2.24, 2.45) is 0 Å². The third-order valence-corrected chi connectivity index (χ3v) is 12.5. The zero-order valence-corrected chi connectivity index (χ0v) is 19.2. The summed E-state index contributed by atoms with van der Waals surface area (Å²) in [6.07, 6.45) is 4.40. The van der Waals surface area contributed by atoms with Crippen LogP contribution in [0.15, 0.2) is 25.7 Å². The van der Waals surface area contributed by atoms with Crippen molar-refractivity contribution in [2.75, 3.05) is 13.2 Å². The van der Waals surface area contributed by atoms with Crippen LogP contribution >= 0.6 is 0 Å². The van der Waals surface area contributed by atoms with Crippen molar-refractivity contribution in [1.82, 2.24) is 4.65 Å². The van der Waals surface area contributed by atoms with Gasteiger partial charge < -0.3 is 23.6 Å². The van der Waals surface area contributed by atoms with Crippen molar-refractivity contribution in [3.05, 3.63) is 25.7 Å². The Kier molecular flexibility index (Phi) is 12.8. The van der Waals surface area contributed by atoms with Gasteiger partial charge in [0.25, 0.3) is 0 Å². The third-order valence-electron chi connectivity index (χ3n) is 3.87. The molecule has 0 rings (SSSR count). The van der Waals surface area contributed by atoms with Crippen molar-refractivity contribution in [1.29, 1.82) is 0 Å². The van der Waals surface area contributed by atoms with Crippen molar-refractivity contribution >= 4 is 28.8 Å². The molecule has 1 N–H and O–H groups in total. The first-order valence-corrected chi connectivity index (χ1v) is 15.7. The zero-order chi connectivity index (χ0) is 20.8. The van der Waals surface area contributed by atoms with Crippen molar-refractivity contribution < 1.29 is 28.5 Å². The van der Waals surface area contributed by atoms with Gasteiger partial charge in [0.1, 0.15) is 16.5 Å². The van der Waals surface area contributed by atoms with Crippen molar-refractivity contribution in [2.45, 2.75) is 64.0 Å². The van der Waals surface area contributed by atoms with E-state index in [-0.39, 0.29) is 0 Å². The summed E-state index contributed by atoms with van der Waals surface area (Å²) in [5.74, 6) is 0. The van der Waals surface area contributed by atoms with E-state index < -0.39 is 28.8 Å². The Morgan fingerprint density at radius 2 is 1.15 bits per heavy atom. The smallest absolute Gasteiger partial charge is 0.434 e. The van der Waals surface area contributed by atoms with Crippen LogP contribution in [0.1, 0.15) is 25.7 Å². The molecule has 0 fully saturated rings. The van der Waals surface area contributed by atoms with Gasteiger partial charge in [-0.2, -0.15) is 0 Å². The Labute approximate surface area is 165 Å². The largest absolute Gasteiger partial charge is 0.513 e. The molecule has 9 heteroatoms. The number of hydrogen-bond donors (Lipinski definition) is 1. The van der Waals surface area contributed by atoms with Gasteiger partial charge in [-0.1, -0.05) is 52.2 Å². The van der Waals surface area contributed by atoms with E-state index in [1.54, 1.807) is 0 Å². The lowest BCUT2D eigenvalue weighted by Crippen LogP contribution is -2.58. The molecule has 0 aliphatic carbocycles. The molecular formula is C18H35NO6Si2. The summed E-state index contributed by atoms with van der Waals surface area (Å²) in [5, 5.41) is 0. The maximum Gasteiger partial charge on any atom is 0.513 e. The second-order valence-electron chi connectivity index (χ2n) is 7.57. The molecule has 27 heavy (non-hydrogen) atoms. The van der Waals surface area contributed by atoms with E-state index in [1.807, 2.05) is 0 Å². The molecule has 0 aliphatic rings. The maximum absolute atomic E-state index is 11.1. The lowest BCUT2D eigenvalue weighted by Gasteiger charge is -2.35. The number of unbranched alkanes of at least 4 members (excludes halogenated alkanes) is 2. The number of carbonyl (C=O) groups is 2. The fourth-order valence-corrected chi connectivity index (χ4v) is 13.5. The summed E-state index contributed by atoms with van der Waals surface area (Å²) in [7, 11) is -3.04. The molecule has 0 heterocycles. The average Bonchev–Trinajstić information content (AvgIpc) is 2.53. The summed E-state index contributed by atoms with van der Waals surface area (Å²) < 4.78 is 22.8. The predicted molar refractivity (Wildman–Crippen MR) is 111 cm³/mol. The molecule has 156 valence electrons. The third kappa shape index (κ3) is 15.2. The highest BCUT2D eigenvalue weighted by molar-refractivity contribution is 6.91. The summed E-state index contributed by atoms with van der Waals surface area (Å²) in [4.78, 5) is 22.1. The Balaban J connectivity index is 3.96. The van der Waals surface area contributed by atoms with Gasteiger partial charge in [-0.15, -0.1) is 0 Å². The van der Waals surface area contributed by atoms with E-state index >= 15 is 0 Å². The average molecular weight is 418 g/mol. The number of carbonyl (C=O) groups excluding carboxylic acids is 2. The molecule has 0 unspecified atom stereocenters. The van der Waals surface area contributed by atoms with E-state index in [0.29, 0.717) is 13.2 Å². The number of ether oxygens (including phenoxy) is 4. The van der Waals surface area contributed by atoms with Crippen molar-refractivity contribution in [3.8, 4) is 0 Å². The van der Waals surface area contributed by atoms with Crippen LogP contribution in [0.2, 0.25) is 38.3 Å². The number of nitrogens with one attached hydrogen (secondary N) is 1. The van der Waals surface area contributed by atoms with Gasteiger partial charge in [0.15, 0.2) is 0 Å². The molecule has 0 amide bonds. The summed E-state index contributed by atoms with van der Waals surface area (Å²) >= 11 is 0. The molecule has 0 aliphatic heterocycles. The molecule has 0 saturated heterocycles. The molecule has 0 aromatic carbocycles. The van der Waals surface area contributed by atoms with E-state index in [2.05, 4.69) is 53.5 Å². The van der Waals surface area contributed by atoms with Gasteiger partial charge in [-0.05, 0) is 24.9 Å². The van der Waals surface area contributed by atoms with Crippen LogP contribution in [0.25, 0.3) is 0 Å². The van der Waals surface area contributed by atoms with Gasteiger partial charge in [0, 0.05) is 0 Å². The van der Waals surface area contributed by atoms with Gasteiger partial charge in [-0.25, -0.2) is 9.59 Å². The van der Waals surface area contributed by atoms with Gasteiger partial charge in [-0.3, -0.25) is 0 Å². The quantitative estimate of drug-likeness (QED) is 0.181. The maximum atomic E-state index is 11.1. The van der Waals surface area contributed by atoms with Gasteiger partial charge >= 0.3 is 12.3 Å². The monoisotopic (exact) mass is 417 g/mol. The Bertz CT molecular complexity index is 440. The van der Waals surface area contributed by atoms with Crippen LogP contribution in [-0.2, 0) is 18.9 Å². The Hall–Kier alpha value is -1.59. The number of hydrogen-bond acceptors (Lipinski definition) is 7. The molecule has 0 saturated carbocycles. The SMILES string of the molecule is C=COC(=O)OCCCC[Si](C)(C)N[Si](C)(C)CCCCOC(=O)OC=C. The Morgan fingerprint density at radius 1 is 0.778 bits per heavy atom. The van der Waals surface area contributed by atoms with Crippen LogP contribution in [0.4, 0.5) is 9.59 Å². The fourth-order valence-electron chi connectivity index (χ4n) is 2.89. The minimum atomic E-state index is -1.52. The highest BCUT2D eigenvalue weighted by Crippen LogP contribution is 2.18. The summed E-state index contributed by atoms with van der Waals surface area (Å²) in [5.41, 5.74) is 0. The minimum absolute atomic E-state index is 0.367. The fraction of sp³-hybridized carbons (Fsp3) is 0.667. The lowest BCUT2D eigenvalue weighted by atomic mass is 10.4. The highest BCUT2D eigenvalue weighted by Gasteiger charge is 2.30. The Morgan fingerprint density at radius 3 is 1.48 bits per heavy atom. The molecule has 0 radical (unpaired) electrons. The molecular weight excluding hydrogens is 382 g/mol. The summed E-state index contributed by atoms with van der Waals surface area (Å²) in [6, 6.07) is 2.25. The topological polar surface area (TPSA) is 83.1 Å². The van der Waals surface area contributed by atoms with E-state index in [0.717, 1.165) is 50.3 Å². The second kappa shape index (κ2) is 13.6. The first-order valence-electron chi connectivity index (χ1n) is 9.30. The highest BCUT2D eigenvalue weighted by atomic mass is 28.4. The first kappa shape index (κ1) is 25.4. The molecule has 0 aromatic heterocycles. The number of rotatable bonds is 14. The molecule has 0 atom stereocenters. The van der Waals surface area contributed by atoms with Crippen LogP contribution in [0.5, 0.6) is 0 Å². The normalized spacial score (nSPS) is 11.4. The van der Waals surface area contributed by atoms with Crippen LogP contribution in [0, 0.1) is 0 Å². The standard InChI is InChI=1S/C18H35NO6Si2/c1-7-22-17(20)24-13-9-11-15-26(3,4)19-27(5,6)16-12-10-14-25-18(21)23-8-2/h7-8,19H,1-2,9-16H2,3-6H3. The first-order chi connectivity index (χ1) is 12.6. The molecule has 7 nitrogen and oxygen atoms in total. The van der Waals surface area contributed by atoms with Crippen LogP contribution in [-0.4, -0.2) is 42.0 Å². The van der Waals surface area contributed by atoms with Crippen LogP contribution < -0.4 is 4.65 Å². The van der Waals surface area contributed by atoms with Gasteiger partial charge in [0.05, 0.1) is 25.7 Å². The minimum Gasteiger partial charge on any atom is -0.434 e. The van der Waals surface area contributed by atoms with Crippen molar-refractivity contribution in [3.63, 3.8) is 0 Å². The summed E-state index contributed by atoms with van der Waals surface area (Å²) in [6.45, 7) is 16.7. The molecule has 0 spiro atoms. The predicted octanol–water partition coefficient (Wildman–Crippen LogP) is 5.14.